The van der Waals surface area contributed by atoms with Gasteiger partial charge < -0.3 is 25.5 Å². The first-order valence-corrected chi connectivity index (χ1v) is 6.65. The molecular formula is C17H27NO8. The van der Waals surface area contributed by atoms with Crippen LogP contribution in [-0.4, -0.2) is 56.7 Å². The molecule has 0 rings (SSSR count). The summed E-state index contributed by atoms with van der Waals surface area (Å²) < 4.78 is 0. The maximum absolute atomic E-state index is 9.60. The fourth-order valence-corrected chi connectivity index (χ4v) is 0. The van der Waals surface area contributed by atoms with Crippen LogP contribution in [0.1, 0.15) is 20.8 Å². The number of nitrogens with zero attached hydrogens (tertiary/aromatic N) is 1. The van der Waals surface area contributed by atoms with Crippen LogP contribution in [0.3, 0.4) is 0 Å². The van der Waals surface area contributed by atoms with E-state index in [0.29, 0.717) is 0 Å². The molecule has 0 atom stereocenters. The largest absolute Gasteiger partial charge is 0.478 e. The third kappa shape index (κ3) is 70.0. The van der Waals surface area contributed by atoms with Crippen molar-refractivity contribution in [3.8, 4) is 6.07 Å². The van der Waals surface area contributed by atoms with Crippen molar-refractivity contribution < 1.29 is 39.9 Å². The molecule has 0 aromatic carbocycles. The number of aliphatic hydroxyl groups excluding tert-OH is 2. The minimum absolute atomic E-state index is 0.125. The second-order valence-electron chi connectivity index (χ2n) is 4.04. The summed E-state index contributed by atoms with van der Waals surface area (Å²) in [5, 5.41) is 46.4. The van der Waals surface area contributed by atoms with Crippen LogP contribution >= 0.6 is 0 Å². The molecule has 0 aliphatic carbocycles. The Bertz CT molecular complexity index is 420. The first-order valence-electron chi connectivity index (χ1n) is 6.65. The average molecular weight is 373 g/mol. The van der Waals surface area contributed by atoms with Gasteiger partial charge in [-0.15, -0.1) is 0 Å². The predicted octanol–water partition coefficient (Wildman–Crippen LogP) is 1.61. The van der Waals surface area contributed by atoms with Crippen LogP contribution in [0.2, 0.25) is 0 Å². The summed E-state index contributed by atoms with van der Waals surface area (Å²) in [5.41, 5.74) is 0.528. The van der Waals surface area contributed by atoms with Crippen LogP contribution in [0.4, 0.5) is 0 Å². The standard InChI is InChI=1S/3C4H6O2.C3H3N.C2H6O2/c3*1-3(2)4(5)6;1-2-3-4;3-1-2-4/h3*1H2,2H3,(H,5,6);2H,1H2;3-4H,1-2H2. The molecule has 5 N–H and O–H groups in total. The first kappa shape index (κ1) is 34.2. The summed E-state index contributed by atoms with van der Waals surface area (Å²) in [6, 6.07) is 1.69. The van der Waals surface area contributed by atoms with E-state index in [1.54, 1.807) is 6.07 Å². The predicted molar refractivity (Wildman–Crippen MR) is 97.3 cm³/mol. The molecule has 0 fully saturated rings. The Balaban J connectivity index is -0.0000000716. The van der Waals surface area contributed by atoms with Gasteiger partial charge in [0.05, 0.1) is 19.3 Å². The van der Waals surface area contributed by atoms with Crippen LogP contribution in [-0.2, 0) is 14.4 Å². The van der Waals surface area contributed by atoms with Crippen LogP contribution in [0.25, 0.3) is 0 Å². The van der Waals surface area contributed by atoms with Crippen LogP contribution in [0, 0.1) is 11.3 Å². The molecule has 0 bridgehead atoms. The lowest BCUT2D eigenvalue weighted by molar-refractivity contribution is -0.133. The van der Waals surface area contributed by atoms with E-state index in [-0.39, 0.29) is 29.9 Å². The van der Waals surface area contributed by atoms with Gasteiger partial charge in [0.15, 0.2) is 0 Å². The van der Waals surface area contributed by atoms with E-state index in [0.717, 1.165) is 0 Å². The molecule has 9 heteroatoms. The fourth-order valence-electron chi connectivity index (χ4n) is 0. The van der Waals surface area contributed by atoms with Crippen molar-refractivity contribution in [3.05, 3.63) is 49.1 Å². The summed E-state index contributed by atoms with van der Waals surface area (Å²) in [5.74, 6) is -2.81. The summed E-state index contributed by atoms with van der Waals surface area (Å²) in [6.45, 7) is 16.7. The monoisotopic (exact) mass is 373 g/mol. The van der Waals surface area contributed by atoms with Crippen molar-refractivity contribution >= 4 is 17.9 Å². The molecule has 0 spiro atoms. The Morgan fingerprint density at radius 2 is 0.923 bits per heavy atom. The van der Waals surface area contributed by atoms with E-state index in [1.165, 1.54) is 26.8 Å². The van der Waals surface area contributed by atoms with E-state index >= 15 is 0 Å². The van der Waals surface area contributed by atoms with E-state index in [1.807, 2.05) is 0 Å². The Morgan fingerprint density at radius 1 is 0.808 bits per heavy atom. The third-order valence-corrected chi connectivity index (χ3v) is 1.29. The zero-order valence-electron chi connectivity index (χ0n) is 15.2. The number of aliphatic carboxylic acids is 3. The van der Waals surface area contributed by atoms with Crippen molar-refractivity contribution in [2.45, 2.75) is 20.8 Å². The molecule has 26 heavy (non-hydrogen) atoms. The van der Waals surface area contributed by atoms with Gasteiger partial charge in [-0.2, -0.15) is 5.26 Å². The molecule has 0 aromatic rings. The van der Waals surface area contributed by atoms with Crippen molar-refractivity contribution in [3.63, 3.8) is 0 Å². The highest BCUT2D eigenvalue weighted by Crippen LogP contribution is 1.82. The van der Waals surface area contributed by atoms with Gasteiger partial charge in [0.1, 0.15) is 0 Å². The smallest absolute Gasteiger partial charge is 0.330 e. The first-order chi connectivity index (χ1) is 11.8. The zero-order chi connectivity index (χ0) is 22.3. The average Bonchev–Trinajstić information content (AvgIpc) is 2.56. The van der Waals surface area contributed by atoms with Gasteiger partial charge >= 0.3 is 17.9 Å². The van der Waals surface area contributed by atoms with Crippen LogP contribution < -0.4 is 0 Å². The molecule has 0 saturated carbocycles. The summed E-state index contributed by atoms with van der Waals surface area (Å²) in [7, 11) is 0. The molecule has 0 saturated heterocycles. The molecule has 148 valence electrons. The lowest BCUT2D eigenvalue weighted by Gasteiger charge is -1.79. The molecule has 9 nitrogen and oxygen atoms in total. The Kier molecular flexibility index (Phi) is 35.1. The number of hydrogen-bond donors (Lipinski definition) is 5. The van der Waals surface area contributed by atoms with Crippen LogP contribution in [0.15, 0.2) is 49.1 Å². The molecule has 0 aliphatic rings. The number of carboxylic acids is 3. The van der Waals surface area contributed by atoms with Crippen molar-refractivity contribution in [1.29, 1.82) is 5.26 Å². The number of carboxylic acid groups (broad SMARTS) is 3. The van der Waals surface area contributed by atoms with Gasteiger partial charge in [-0.25, -0.2) is 14.4 Å². The van der Waals surface area contributed by atoms with E-state index in [2.05, 4.69) is 26.3 Å². The van der Waals surface area contributed by atoms with Gasteiger partial charge in [-0.1, -0.05) is 26.3 Å². The number of allylic oxidation sites excluding steroid dienone is 1. The van der Waals surface area contributed by atoms with E-state index < -0.39 is 17.9 Å². The maximum Gasteiger partial charge on any atom is 0.330 e. The number of aliphatic hydroxyl groups is 2. The van der Waals surface area contributed by atoms with Gasteiger partial charge in [0.2, 0.25) is 0 Å². The molecular weight excluding hydrogens is 346 g/mol. The lowest BCUT2D eigenvalue weighted by atomic mass is 10.4. The minimum Gasteiger partial charge on any atom is -0.478 e. The lowest BCUT2D eigenvalue weighted by Crippen LogP contribution is -1.92. The topological polar surface area (TPSA) is 176 Å². The summed E-state index contributed by atoms with van der Waals surface area (Å²) in [4.78, 5) is 28.8. The Morgan fingerprint density at radius 3 is 0.923 bits per heavy atom. The van der Waals surface area contributed by atoms with Crippen molar-refractivity contribution in [2.75, 3.05) is 13.2 Å². The number of hydrogen-bond acceptors (Lipinski definition) is 6. The highest BCUT2D eigenvalue weighted by molar-refractivity contribution is 5.85. The van der Waals surface area contributed by atoms with Crippen molar-refractivity contribution in [2.24, 2.45) is 0 Å². The van der Waals surface area contributed by atoms with E-state index in [9.17, 15) is 14.4 Å². The summed E-state index contributed by atoms with van der Waals surface area (Å²) >= 11 is 0. The SMILES string of the molecule is C=C(C)C(=O)O.C=C(C)C(=O)O.C=C(C)C(=O)O.C=CC#N.OCCO. The number of carbonyl (C=O) groups is 3. The van der Waals surface area contributed by atoms with Crippen LogP contribution in [0.5, 0.6) is 0 Å². The molecule has 0 radical (unpaired) electrons. The normalized spacial score (nSPS) is 6.92. The quantitative estimate of drug-likeness (QED) is 0.362. The summed E-state index contributed by atoms with van der Waals surface area (Å²) in [6.07, 6.45) is 1.18. The Labute approximate surface area is 153 Å². The Hall–Kier alpha value is -3.22. The number of rotatable bonds is 4. The second kappa shape index (κ2) is 26.7. The molecule has 0 aliphatic heterocycles. The third-order valence-electron chi connectivity index (χ3n) is 1.29. The molecule has 0 amide bonds. The minimum atomic E-state index is -0.935. The molecule has 0 unspecified atom stereocenters. The van der Waals surface area contributed by atoms with Gasteiger partial charge in [0, 0.05) is 22.8 Å². The molecule has 0 heterocycles. The zero-order valence-corrected chi connectivity index (χ0v) is 15.2. The maximum atomic E-state index is 9.60. The van der Waals surface area contributed by atoms with Crippen molar-refractivity contribution in [1.82, 2.24) is 0 Å². The van der Waals surface area contributed by atoms with Gasteiger partial charge in [-0.3, -0.25) is 0 Å². The van der Waals surface area contributed by atoms with Gasteiger partial charge in [0.25, 0.3) is 0 Å². The fraction of sp³-hybridized carbons (Fsp3) is 0.294. The van der Waals surface area contributed by atoms with E-state index in [4.69, 9.17) is 30.8 Å². The second-order valence-corrected chi connectivity index (χ2v) is 4.04. The highest BCUT2D eigenvalue weighted by atomic mass is 16.4. The molecule has 0 aromatic heterocycles. The highest BCUT2D eigenvalue weighted by Gasteiger charge is 1.91. The number of nitriles is 1. The van der Waals surface area contributed by atoms with Gasteiger partial charge in [-0.05, 0) is 20.8 Å².